The predicted octanol–water partition coefficient (Wildman–Crippen LogP) is 4.33. The van der Waals surface area contributed by atoms with Gasteiger partial charge in [-0.1, -0.05) is 55.5 Å². The van der Waals surface area contributed by atoms with E-state index in [9.17, 15) is 9.90 Å². The molecular formula is C22H27O2P. The van der Waals surface area contributed by atoms with Crippen LogP contribution in [0.1, 0.15) is 38.9 Å². The molecule has 0 aliphatic carbocycles. The Bertz CT molecular complexity index is 727. The summed E-state index contributed by atoms with van der Waals surface area (Å²) < 4.78 is 0. The Labute approximate surface area is 151 Å². The van der Waals surface area contributed by atoms with Gasteiger partial charge in [0.15, 0.2) is 5.78 Å². The quantitative estimate of drug-likeness (QED) is 0.422. The number of Topliss-reactive ketones (excluding diaryl/α,β-unsaturated/α-hetero) is 1. The second-order valence-corrected chi connectivity index (χ2v) is 10.7. The van der Waals surface area contributed by atoms with Gasteiger partial charge in [-0.15, -0.1) is 5.76 Å². The van der Waals surface area contributed by atoms with Crippen molar-refractivity contribution in [1.29, 1.82) is 0 Å². The summed E-state index contributed by atoms with van der Waals surface area (Å²) in [4.78, 5) is 12.5. The molecule has 0 aliphatic rings. The van der Waals surface area contributed by atoms with Crippen LogP contribution in [0, 0.1) is 0 Å². The van der Waals surface area contributed by atoms with Gasteiger partial charge < -0.3 is 5.11 Å². The predicted molar refractivity (Wildman–Crippen MR) is 107 cm³/mol. The molecule has 0 saturated heterocycles. The standard InChI is InChI=1S/C22H27O2P/c1-5-25(6-2,20-15-11-8-12-16-20)22(19-13-9-7-10-14-19)21(17(3)23)18(4)24/h7-16,22H,5-6H2,1-4H3. The molecule has 0 spiro atoms. The highest BCUT2D eigenvalue weighted by Crippen LogP contribution is 2.70. The zero-order valence-electron chi connectivity index (χ0n) is 15.5. The number of ketones is 1. The van der Waals surface area contributed by atoms with Crippen molar-refractivity contribution >= 4 is 18.4 Å². The Morgan fingerprint density at radius 2 is 1.40 bits per heavy atom. The van der Waals surface area contributed by atoms with Crippen LogP contribution >= 0.6 is 7.26 Å². The molecule has 2 aromatic rings. The topological polar surface area (TPSA) is 40.1 Å². The fourth-order valence-electron chi connectivity index (χ4n) is 3.80. The monoisotopic (exact) mass is 354 g/mol. The van der Waals surface area contributed by atoms with Gasteiger partial charge in [-0.3, -0.25) is 4.79 Å². The normalized spacial score (nSPS) is 13.9. The maximum Gasteiger partial charge on any atom is 0.159 e. The van der Waals surface area contributed by atoms with E-state index in [1.54, 1.807) is 0 Å². The van der Waals surface area contributed by atoms with Gasteiger partial charge in [-0.05, 0) is 38.5 Å². The van der Waals surface area contributed by atoms with Crippen LogP contribution in [-0.2, 0) is 4.79 Å². The molecular weight excluding hydrogens is 327 g/mol. The van der Waals surface area contributed by atoms with Crippen LogP contribution < -0.4 is 10.4 Å². The number of benzene rings is 2. The summed E-state index contributed by atoms with van der Waals surface area (Å²) in [6, 6.07) is 20.5. The fourth-order valence-corrected chi connectivity index (χ4v) is 8.37. The molecule has 1 unspecified atom stereocenters. The first-order chi connectivity index (χ1) is 12.0. The van der Waals surface area contributed by atoms with Gasteiger partial charge in [0, 0.05) is 5.57 Å². The van der Waals surface area contributed by atoms with Crippen molar-refractivity contribution in [2.75, 3.05) is 12.3 Å². The van der Waals surface area contributed by atoms with Gasteiger partial charge >= 0.3 is 0 Å². The van der Waals surface area contributed by atoms with Gasteiger partial charge in [0.2, 0.25) is 0 Å². The van der Waals surface area contributed by atoms with E-state index >= 15 is 0 Å². The van der Waals surface area contributed by atoms with Gasteiger partial charge in [-0.2, -0.15) is 0 Å². The van der Waals surface area contributed by atoms with Crippen molar-refractivity contribution in [2.24, 2.45) is 0 Å². The summed E-state index contributed by atoms with van der Waals surface area (Å²) in [6.07, 6.45) is 1.91. The second-order valence-electron chi connectivity index (χ2n) is 6.34. The summed E-state index contributed by atoms with van der Waals surface area (Å²) in [6.45, 7) is 7.44. The van der Waals surface area contributed by atoms with Crippen LogP contribution in [0.3, 0.4) is 0 Å². The van der Waals surface area contributed by atoms with Crippen molar-refractivity contribution in [1.82, 2.24) is 0 Å². The van der Waals surface area contributed by atoms with E-state index in [0.717, 1.165) is 17.9 Å². The molecule has 0 bridgehead atoms. The number of allylic oxidation sites excluding steroid dienone is 2. The molecule has 0 saturated carbocycles. The molecule has 2 nitrogen and oxygen atoms in total. The molecule has 0 N–H and O–H groups in total. The average Bonchev–Trinajstić information content (AvgIpc) is 2.63. The third kappa shape index (κ3) is 3.85. The summed E-state index contributed by atoms with van der Waals surface area (Å²) in [5, 5.41) is 13.8. The number of hydrogen-bond donors (Lipinski definition) is 0. The van der Waals surface area contributed by atoms with Gasteiger partial charge in [0.1, 0.15) is 5.66 Å². The van der Waals surface area contributed by atoms with Crippen molar-refractivity contribution in [3.8, 4) is 0 Å². The number of carbonyl (C=O) groups excluding carboxylic acids is 1. The molecule has 25 heavy (non-hydrogen) atoms. The first kappa shape index (κ1) is 19.4. The average molecular weight is 354 g/mol. The van der Waals surface area contributed by atoms with Crippen molar-refractivity contribution < 1.29 is 9.90 Å². The SMILES string of the molecule is CC[P+](CC)(c1ccccc1)C(/C(C(C)=O)=C(/C)[O-])c1ccccc1. The molecule has 1 atom stereocenters. The lowest BCUT2D eigenvalue weighted by atomic mass is 10.0. The lowest BCUT2D eigenvalue weighted by molar-refractivity contribution is -0.303. The van der Waals surface area contributed by atoms with Gasteiger partial charge in [-0.25, -0.2) is 0 Å². The molecule has 2 aromatic carbocycles. The Morgan fingerprint density at radius 3 is 1.80 bits per heavy atom. The zero-order valence-corrected chi connectivity index (χ0v) is 16.4. The van der Waals surface area contributed by atoms with Crippen LogP contribution in [0.15, 0.2) is 72.0 Å². The Kier molecular flexibility index (Phi) is 6.56. The minimum absolute atomic E-state index is 0.108. The van der Waals surface area contributed by atoms with E-state index in [1.165, 1.54) is 19.2 Å². The third-order valence-corrected chi connectivity index (χ3v) is 10.2. The Balaban J connectivity index is 2.81. The van der Waals surface area contributed by atoms with E-state index in [4.69, 9.17) is 0 Å². The van der Waals surface area contributed by atoms with Crippen molar-refractivity contribution in [3.05, 3.63) is 77.6 Å². The highest BCUT2D eigenvalue weighted by molar-refractivity contribution is 7.83. The molecule has 0 aliphatic heterocycles. The largest absolute Gasteiger partial charge is 0.875 e. The Hall–Kier alpha value is -1.92. The van der Waals surface area contributed by atoms with Crippen LogP contribution in [0.25, 0.3) is 0 Å². The van der Waals surface area contributed by atoms with Crippen molar-refractivity contribution in [2.45, 2.75) is 33.4 Å². The van der Waals surface area contributed by atoms with E-state index in [2.05, 4.69) is 50.2 Å². The molecule has 0 fully saturated rings. The maximum absolute atomic E-state index is 12.5. The van der Waals surface area contributed by atoms with Gasteiger partial charge in [0.25, 0.3) is 0 Å². The summed E-state index contributed by atoms with van der Waals surface area (Å²) in [7, 11) is -1.78. The highest BCUT2D eigenvalue weighted by atomic mass is 31.2. The summed E-state index contributed by atoms with van der Waals surface area (Å²) in [5.74, 6) is -0.216. The summed E-state index contributed by atoms with van der Waals surface area (Å²) >= 11 is 0. The van der Waals surface area contributed by atoms with Crippen LogP contribution in [0.4, 0.5) is 0 Å². The van der Waals surface area contributed by atoms with Crippen molar-refractivity contribution in [3.63, 3.8) is 0 Å². The minimum atomic E-state index is -1.78. The molecule has 3 heteroatoms. The molecule has 0 heterocycles. The first-order valence-electron chi connectivity index (χ1n) is 8.84. The number of hydrogen-bond acceptors (Lipinski definition) is 2. The van der Waals surface area contributed by atoms with Crippen LogP contribution in [0.5, 0.6) is 0 Å². The van der Waals surface area contributed by atoms with Gasteiger partial charge in [0.05, 0.1) is 24.9 Å². The summed E-state index contributed by atoms with van der Waals surface area (Å²) in [5.41, 5.74) is 1.39. The maximum atomic E-state index is 12.5. The second kappa shape index (κ2) is 8.45. The minimum Gasteiger partial charge on any atom is -0.875 e. The zero-order chi connectivity index (χ0) is 18.4. The molecule has 0 radical (unpaired) electrons. The fraction of sp³-hybridized carbons (Fsp3) is 0.318. The Morgan fingerprint density at radius 1 is 0.920 bits per heavy atom. The lowest BCUT2D eigenvalue weighted by Crippen LogP contribution is -2.27. The smallest absolute Gasteiger partial charge is 0.159 e. The van der Waals surface area contributed by atoms with E-state index in [0.29, 0.717) is 5.57 Å². The number of carbonyl (C=O) groups is 1. The van der Waals surface area contributed by atoms with Crippen LogP contribution in [0.2, 0.25) is 0 Å². The first-order valence-corrected chi connectivity index (χ1v) is 11.1. The lowest BCUT2D eigenvalue weighted by Gasteiger charge is -2.36. The van der Waals surface area contributed by atoms with E-state index < -0.39 is 7.26 Å². The molecule has 132 valence electrons. The highest BCUT2D eigenvalue weighted by Gasteiger charge is 2.48. The van der Waals surface area contributed by atoms with Crippen LogP contribution in [-0.4, -0.2) is 18.1 Å². The van der Waals surface area contributed by atoms with E-state index in [-0.39, 0.29) is 17.2 Å². The molecule has 0 aromatic heterocycles. The van der Waals surface area contributed by atoms with E-state index in [1.807, 2.05) is 24.3 Å². The molecule has 0 amide bonds. The number of rotatable bonds is 7. The third-order valence-electron chi connectivity index (χ3n) is 5.04. The molecule has 2 rings (SSSR count).